The Kier molecular flexibility index (Phi) is 4.70. The highest BCUT2D eigenvalue weighted by molar-refractivity contribution is 7.13. The number of aromatic nitrogens is 2. The molecule has 0 fully saturated rings. The molecule has 1 N–H and O–H groups in total. The summed E-state index contributed by atoms with van der Waals surface area (Å²) in [6.45, 7) is 5.24. The van der Waals surface area contributed by atoms with Crippen LogP contribution in [0.3, 0.4) is 0 Å². The molecule has 0 saturated heterocycles. The Bertz CT molecular complexity index is 212. The fourth-order valence-electron chi connectivity index (χ4n) is 0.978. The van der Waals surface area contributed by atoms with E-state index >= 15 is 0 Å². The van der Waals surface area contributed by atoms with Crippen molar-refractivity contribution in [2.24, 2.45) is 0 Å². The van der Waals surface area contributed by atoms with Gasteiger partial charge in [-0.15, -0.1) is 10.2 Å². The van der Waals surface area contributed by atoms with Crippen LogP contribution in [-0.2, 0) is 0 Å². The summed E-state index contributed by atoms with van der Waals surface area (Å²) >= 11 is 1.57. The first-order chi connectivity index (χ1) is 6.34. The van der Waals surface area contributed by atoms with Gasteiger partial charge >= 0.3 is 0 Å². The van der Waals surface area contributed by atoms with Crippen LogP contribution in [0.5, 0.6) is 0 Å². The van der Waals surface area contributed by atoms with Crippen molar-refractivity contribution >= 4 is 16.5 Å². The van der Waals surface area contributed by atoms with Crippen molar-refractivity contribution in [2.75, 3.05) is 31.6 Å². The first-order valence-electron chi connectivity index (χ1n) is 4.52. The quantitative estimate of drug-likeness (QED) is 0.695. The number of hydrogen-bond acceptors (Lipinski definition) is 5. The van der Waals surface area contributed by atoms with E-state index < -0.39 is 0 Å². The van der Waals surface area contributed by atoms with Crippen molar-refractivity contribution < 1.29 is 0 Å². The Labute approximate surface area is 83.0 Å². The predicted octanol–water partition coefficient (Wildman–Crippen LogP) is 0.974. The standard InChI is InChI=1S/C8H16N4S/c1-3-4-9-5-6-12(2)8-11-10-7-13-8/h7,9H,3-6H2,1-2H3. The topological polar surface area (TPSA) is 41.0 Å². The third-order valence-corrected chi connectivity index (χ3v) is 2.53. The summed E-state index contributed by atoms with van der Waals surface area (Å²) in [6.07, 6.45) is 1.18. The van der Waals surface area contributed by atoms with Crippen molar-refractivity contribution in [1.29, 1.82) is 0 Å². The van der Waals surface area contributed by atoms with Gasteiger partial charge in [-0.05, 0) is 13.0 Å². The van der Waals surface area contributed by atoms with Crippen LogP contribution in [0, 0.1) is 0 Å². The van der Waals surface area contributed by atoms with Gasteiger partial charge < -0.3 is 10.2 Å². The van der Waals surface area contributed by atoms with Crippen molar-refractivity contribution in [3.63, 3.8) is 0 Å². The van der Waals surface area contributed by atoms with E-state index in [2.05, 4.69) is 27.3 Å². The highest BCUT2D eigenvalue weighted by Gasteiger charge is 2.02. The molecule has 1 aromatic rings. The maximum absolute atomic E-state index is 3.98. The summed E-state index contributed by atoms with van der Waals surface area (Å²) in [5.41, 5.74) is 1.76. The zero-order valence-corrected chi connectivity index (χ0v) is 8.97. The predicted molar refractivity (Wildman–Crippen MR) is 56.3 cm³/mol. The number of nitrogens with one attached hydrogen (secondary N) is 1. The molecule has 0 aliphatic heterocycles. The Morgan fingerprint density at radius 3 is 3.00 bits per heavy atom. The lowest BCUT2D eigenvalue weighted by Crippen LogP contribution is -2.29. The van der Waals surface area contributed by atoms with Crippen molar-refractivity contribution in [3.8, 4) is 0 Å². The van der Waals surface area contributed by atoms with E-state index in [0.717, 1.165) is 24.8 Å². The van der Waals surface area contributed by atoms with Gasteiger partial charge in [0.05, 0.1) is 0 Å². The monoisotopic (exact) mass is 200 g/mol. The van der Waals surface area contributed by atoms with E-state index in [1.54, 1.807) is 16.8 Å². The minimum Gasteiger partial charge on any atom is -0.348 e. The molecule has 1 aromatic heterocycles. The summed E-state index contributed by atoms with van der Waals surface area (Å²) < 4.78 is 0. The second-order valence-electron chi connectivity index (χ2n) is 2.89. The van der Waals surface area contributed by atoms with Gasteiger partial charge in [-0.1, -0.05) is 18.3 Å². The average Bonchev–Trinajstić information content (AvgIpc) is 2.65. The second kappa shape index (κ2) is 5.88. The fourth-order valence-corrected chi connectivity index (χ4v) is 1.53. The van der Waals surface area contributed by atoms with Crippen LogP contribution in [0.25, 0.3) is 0 Å². The zero-order chi connectivity index (χ0) is 9.52. The van der Waals surface area contributed by atoms with E-state index in [1.165, 1.54) is 6.42 Å². The minimum atomic E-state index is 0.981. The van der Waals surface area contributed by atoms with Crippen LogP contribution in [0.4, 0.5) is 5.13 Å². The van der Waals surface area contributed by atoms with Crippen LogP contribution < -0.4 is 10.2 Å². The summed E-state index contributed by atoms with van der Waals surface area (Å²) in [6, 6.07) is 0. The van der Waals surface area contributed by atoms with Crippen LogP contribution in [0.1, 0.15) is 13.3 Å². The van der Waals surface area contributed by atoms with Crippen molar-refractivity contribution in [1.82, 2.24) is 15.5 Å². The molecule has 1 heterocycles. The van der Waals surface area contributed by atoms with Crippen LogP contribution in [0.15, 0.2) is 5.51 Å². The molecule has 4 nitrogen and oxygen atoms in total. The first-order valence-corrected chi connectivity index (χ1v) is 5.40. The highest BCUT2D eigenvalue weighted by atomic mass is 32.1. The van der Waals surface area contributed by atoms with Gasteiger partial charge in [0.25, 0.3) is 0 Å². The fraction of sp³-hybridized carbons (Fsp3) is 0.750. The molecule has 0 spiro atoms. The number of anilines is 1. The molecule has 0 saturated carbocycles. The smallest absolute Gasteiger partial charge is 0.207 e. The van der Waals surface area contributed by atoms with E-state index in [4.69, 9.17) is 0 Å². The highest BCUT2D eigenvalue weighted by Crippen LogP contribution is 2.12. The Morgan fingerprint density at radius 2 is 2.38 bits per heavy atom. The second-order valence-corrected chi connectivity index (χ2v) is 3.70. The minimum absolute atomic E-state index is 0.981. The SMILES string of the molecule is CCCNCCN(C)c1nncs1. The normalized spacial score (nSPS) is 10.3. The van der Waals surface area contributed by atoms with Gasteiger partial charge in [-0.3, -0.25) is 0 Å². The molecule has 0 amide bonds. The molecule has 5 heteroatoms. The van der Waals surface area contributed by atoms with Crippen molar-refractivity contribution in [3.05, 3.63) is 5.51 Å². The van der Waals surface area contributed by atoms with Gasteiger partial charge in [0, 0.05) is 20.1 Å². The molecule has 0 aliphatic carbocycles. The largest absolute Gasteiger partial charge is 0.348 e. The van der Waals surface area contributed by atoms with E-state index in [9.17, 15) is 0 Å². The van der Waals surface area contributed by atoms with Crippen LogP contribution in [-0.4, -0.2) is 36.9 Å². The van der Waals surface area contributed by atoms with E-state index in [0.29, 0.717) is 0 Å². The Balaban J connectivity index is 2.15. The van der Waals surface area contributed by atoms with Gasteiger partial charge in [-0.25, -0.2) is 0 Å². The third-order valence-electron chi connectivity index (χ3n) is 1.73. The van der Waals surface area contributed by atoms with Gasteiger partial charge in [0.15, 0.2) is 0 Å². The zero-order valence-electron chi connectivity index (χ0n) is 8.16. The Hall–Kier alpha value is -0.680. The molecule has 0 aliphatic rings. The van der Waals surface area contributed by atoms with Crippen LogP contribution in [0.2, 0.25) is 0 Å². The molecule has 0 aromatic carbocycles. The van der Waals surface area contributed by atoms with Crippen LogP contribution >= 0.6 is 11.3 Å². The third kappa shape index (κ3) is 3.69. The lowest BCUT2D eigenvalue weighted by molar-refractivity contribution is 0.665. The lowest BCUT2D eigenvalue weighted by atomic mass is 10.4. The molecular formula is C8H16N4S. The van der Waals surface area contributed by atoms with Gasteiger partial charge in [0.2, 0.25) is 5.13 Å². The molecule has 74 valence electrons. The summed E-state index contributed by atoms with van der Waals surface area (Å²) in [5, 5.41) is 12.1. The maximum Gasteiger partial charge on any atom is 0.207 e. The van der Waals surface area contributed by atoms with E-state index in [-0.39, 0.29) is 0 Å². The van der Waals surface area contributed by atoms with Gasteiger partial charge in [-0.2, -0.15) is 0 Å². The molecule has 13 heavy (non-hydrogen) atoms. The number of hydrogen-bond donors (Lipinski definition) is 1. The lowest BCUT2D eigenvalue weighted by Gasteiger charge is -2.14. The molecule has 1 rings (SSSR count). The summed E-state index contributed by atoms with van der Waals surface area (Å²) in [5.74, 6) is 0. The van der Waals surface area contributed by atoms with Crippen molar-refractivity contribution in [2.45, 2.75) is 13.3 Å². The molecule has 0 radical (unpaired) electrons. The molecule has 0 bridgehead atoms. The summed E-state index contributed by atoms with van der Waals surface area (Å²) in [7, 11) is 2.04. The average molecular weight is 200 g/mol. The number of rotatable bonds is 6. The molecule has 0 unspecified atom stereocenters. The number of nitrogens with zero attached hydrogens (tertiary/aromatic N) is 3. The molecule has 0 atom stereocenters. The summed E-state index contributed by atoms with van der Waals surface area (Å²) in [4.78, 5) is 2.11. The van der Waals surface area contributed by atoms with Gasteiger partial charge in [0.1, 0.15) is 5.51 Å². The molecular weight excluding hydrogens is 184 g/mol. The maximum atomic E-state index is 3.98. The van der Waals surface area contributed by atoms with E-state index in [1.807, 2.05) is 7.05 Å². The number of likely N-dealkylation sites (N-methyl/N-ethyl adjacent to an activating group) is 1. The Morgan fingerprint density at radius 1 is 1.54 bits per heavy atom. The first kappa shape index (κ1) is 10.4.